The van der Waals surface area contributed by atoms with Crippen molar-refractivity contribution >= 4 is 23.3 Å². The molecule has 0 unspecified atom stereocenters. The summed E-state index contributed by atoms with van der Waals surface area (Å²) >= 11 is 0. The highest BCUT2D eigenvalue weighted by Crippen LogP contribution is 2.28. The highest BCUT2D eigenvalue weighted by Gasteiger charge is 2.21. The minimum atomic E-state index is -0.665. The van der Waals surface area contributed by atoms with Crippen molar-refractivity contribution in [2.24, 2.45) is 0 Å². The highest BCUT2D eigenvalue weighted by molar-refractivity contribution is 5.77. The zero-order valence-electron chi connectivity index (χ0n) is 11.2. The number of hydrazone groups is 1. The molecule has 108 valence electrons. The molecule has 0 spiro atoms. The molecular weight excluding hydrogens is 276 g/mol. The van der Waals surface area contributed by atoms with Crippen molar-refractivity contribution < 1.29 is 14.5 Å². The molecule has 1 aliphatic rings. The number of nitrogens with one attached hydrogen (secondary N) is 1. The molecule has 1 aliphatic carbocycles. The number of hydrogen-bond donors (Lipinski definition) is 1. The van der Waals surface area contributed by atoms with Crippen LogP contribution < -0.4 is 5.43 Å². The number of non-ortho nitro benzene ring substituents is 1. The molecule has 0 amide bonds. The second-order valence-corrected chi connectivity index (χ2v) is 4.44. The third-order valence-electron chi connectivity index (χ3n) is 2.85. The van der Waals surface area contributed by atoms with E-state index >= 15 is 0 Å². The van der Waals surface area contributed by atoms with Crippen molar-refractivity contribution in [3.8, 4) is 0 Å². The summed E-state index contributed by atoms with van der Waals surface area (Å²) in [5.74, 6) is 0. The first-order valence-electron chi connectivity index (χ1n) is 6.10. The van der Waals surface area contributed by atoms with Gasteiger partial charge in [0.05, 0.1) is 15.9 Å². The van der Waals surface area contributed by atoms with Gasteiger partial charge < -0.3 is 0 Å². The van der Waals surface area contributed by atoms with Gasteiger partial charge in [-0.2, -0.15) is 5.43 Å². The molecule has 0 aromatic heterocycles. The van der Waals surface area contributed by atoms with Gasteiger partial charge in [0.2, 0.25) is 0 Å². The van der Waals surface area contributed by atoms with Gasteiger partial charge in [0.15, 0.2) is 18.9 Å². The lowest BCUT2D eigenvalue weighted by atomic mass is 10.2. The lowest BCUT2D eigenvalue weighted by molar-refractivity contribution is -0.460. The summed E-state index contributed by atoms with van der Waals surface area (Å²) < 4.78 is 1.58. The topological polar surface area (TPSA) is 101 Å². The van der Waals surface area contributed by atoms with Gasteiger partial charge in [-0.15, -0.1) is 4.68 Å². The van der Waals surface area contributed by atoms with Crippen LogP contribution in [0.15, 0.2) is 42.0 Å². The van der Waals surface area contributed by atoms with Crippen molar-refractivity contribution in [1.29, 1.82) is 0 Å². The van der Waals surface area contributed by atoms with E-state index in [9.17, 15) is 20.2 Å². The fraction of sp³-hybridized carbons (Fsp3) is 0.154. The Morgan fingerprint density at radius 3 is 2.57 bits per heavy atom. The number of anilines is 1. The third-order valence-corrected chi connectivity index (χ3v) is 2.85. The van der Waals surface area contributed by atoms with E-state index in [2.05, 4.69) is 5.43 Å². The Balaban J connectivity index is 2.26. The molecule has 0 bridgehead atoms. The van der Waals surface area contributed by atoms with E-state index in [1.165, 1.54) is 12.1 Å². The van der Waals surface area contributed by atoms with Gasteiger partial charge in [-0.3, -0.25) is 20.2 Å². The van der Waals surface area contributed by atoms with Gasteiger partial charge in [-0.25, -0.2) is 0 Å². The number of benzene rings is 1. The molecule has 0 fully saturated rings. The fourth-order valence-electron chi connectivity index (χ4n) is 1.91. The molecule has 1 aromatic rings. The van der Waals surface area contributed by atoms with Crippen molar-refractivity contribution in [3.05, 3.63) is 62.2 Å². The van der Waals surface area contributed by atoms with Gasteiger partial charge in [0.1, 0.15) is 0 Å². The molecule has 2 rings (SSSR count). The Morgan fingerprint density at radius 2 is 2.00 bits per heavy atom. The average Bonchev–Trinajstić information content (AvgIpc) is 2.91. The Bertz CT molecular complexity index is 691. The predicted molar refractivity (Wildman–Crippen MR) is 77.5 cm³/mol. The van der Waals surface area contributed by atoms with Crippen LogP contribution in [0.1, 0.15) is 6.42 Å². The first kappa shape index (κ1) is 14.4. The van der Waals surface area contributed by atoms with Crippen molar-refractivity contribution in [1.82, 2.24) is 0 Å². The third kappa shape index (κ3) is 3.50. The van der Waals surface area contributed by atoms with Crippen LogP contribution in [0.2, 0.25) is 0 Å². The Morgan fingerprint density at radius 1 is 1.24 bits per heavy atom. The van der Waals surface area contributed by atoms with Crippen LogP contribution in [-0.2, 0) is 0 Å². The molecule has 8 nitrogen and oxygen atoms in total. The maximum absolute atomic E-state index is 11.0. The van der Waals surface area contributed by atoms with Crippen LogP contribution in [0.3, 0.4) is 0 Å². The number of hydrazine groups is 1. The van der Waals surface area contributed by atoms with Gasteiger partial charge in [0.25, 0.3) is 5.69 Å². The molecule has 8 heteroatoms. The zero-order chi connectivity index (χ0) is 15.4. The smallest absolute Gasteiger partial charge is 0.258 e. The molecular formula is C13H13N4O4+. The van der Waals surface area contributed by atoms with Crippen molar-refractivity contribution in [3.63, 3.8) is 0 Å². The maximum atomic E-state index is 11.0. The number of nitrogens with zero attached hydrogens (tertiary/aromatic N) is 3. The van der Waals surface area contributed by atoms with Crippen LogP contribution in [0.25, 0.3) is 0 Å². The summed E-state index contributed by atoms with van der Waals surface area (Å²) in [4.78, 5) is 20.4. The quantitative estimate of drug-likeness (QED) is 0.388. The number of hydrogen-bond acceptors (Lipinski definition) is 5. The standard InChI is InChI=1S/C13H13N4O4/c1-15(9-10-4-2-3-5-10)14-12-7-6-11(16(18)19)8-13(12)17(20)21/h2-4,6-9,14H,5H2,1H3/q+1/b15-9+. The molecule has 21 heavy (non-hydrogen) atoms. The zero-order valence-corrected chi connectivity index (χ0v) is 11.2. The van der Waals surface area contributed by atoms with Crippen LogP contribution in [0, 0.1) is 20.2 Å². The van der Waals surface area contributed by atoms with Crippen LogP contribution in [0.5, 0.6) is 0 Å². The minimum Gasteiger partial charge on any atom is -0.258 e. The summed E-state index contributed by atoms with van der Waals surface area (Å²) in [5, 5.41) is 21.7. The van der Waals surface area contributed by atoms with E-state index in [0.717, 1.165) is 18.1 Å². The van der Waals surface area contributed by atoms with Crippen LogP contribution >= 0.6 is 0 Å². The number of nitro benzene ring substituents is 2. The molecule has 1 aromatic carbocycles. The Kier molecular flexibility index (Phi) is 4.07. The Labute approximate surface area is 120 Å². The molecule has 0 heterocycles. The van der Waals surface area contributed by atoms with E-state index in [1.54, 1.807) is 17.9 Å². The summed E-state index contributed by atoms with van der Waals surface area (Å²) in [5.41, 5.74) is 3.41. The second kappa shape index (κ2) is 5.95. The monoisotopic (exact) mass is 289 g/mol. The summed E-state index contributed by atoms with van der Waals surface area (Å²) in [6.45, 7) is 0. The van der Waals surface area contributed by atoms with Crippen LogP contribution in [-0.4, -0.2) is 27.8 Å². The number of allylic oxidation sites excluding steroid dienone is 4. The van der Waals surface area contributed by atoms with E-state index in [0.29, 0.717) is 0 Å². The lowest BCUT2D eigenvalue weighted by Crippen LogP contribution is -2.17. The van der Waals surface area contributed by atoms with E-state index in [1.807, 2.05) is 18.2 Å². The molecule has 0 saturated carbocycles. The van der Waals surface area contributed by atoms with Crippen LogP contribution in [0.4, 0.5) is 17.1 Å². The molecule has 0 saturated heterocycles. The Hall–Kier alpha value is -3.03. The number of nitro groups is 2. The van der Waals surface area contributed by atoms with Gasteiger partial charge in [0, 0.05) is 11.6 Å². The molecule has 0 radical (unpaired) electrons. The molecule has 0 aliphatic heterocycles. The van der Waals surface area contributed by atoms with E-state index in [4.69, 9.17) is 0 Å². The lowest BCUT2D eigenvalue weighted by Gasteiger charge is -2.03. The summed E-state index contributed by atoms with van der Waals surface area (Å²) in [6, 6.07) is 3.48. The van der Waals surface area contributed by atoms with Gasteiger partial charge >= 0.3 is 5.69 Å². The summed E-state index contributed by atoms with van der Waals surface area (Å²) in [6.07, 6.45) is 8.45. The number of rotatable bonds is 5. The predicted octanol–water partition coefficient (Wildman–Crippen LogP) is 2.43. The fourth-order valence-corrected chi connectivity index (χ4v) is 1.91. The second-order valence-electron chi connectivity index (χ2n) is 4.44. The van der Waals surface area contributed by atoms with Gasteiger partial charge in [-0.1, -0.05) is 18.2 Å². The van der Waals surface area contributed by atoms with E-state index < -0.39 is 9.85 Å². The first-order chi connectivity index (χ1) is 9.97. The minimum absolute atomic E-state index is 0.191. The summed E-state index contributed by atoms with van der Waals surface area (Å²) in [7, 11) is 1.70. The van der Waals surface area contributed by atoms with Crippen molar-refractivity contribution in [2.75, 3.05) is 12.5 Å². The average molecular weight is 289 g/mol. The first-order valence-corrected chi connectivity index (χ1v) is 6.10. The van der Waals surface area contributed by atoms with Crippen molar-refractivity contribution in [2.45, 2.75) is 6.42 Å². The highest BCUT2D eigenvalue weighted by atomic mass is 16.6. The SMILES string of the molecule is C/[N+](=C\C1=CC=CC1)Nc1ccc([N+](=O)[O-])cc1[N+](=O)[O-]. The largest absolute Gasteiger partial charge is 0.304 e. The molecule has 0 atom stereocenters. The van der Waals surface area contributed by atoms with Gasteiger partial charge in [-0.05, 0) is 12.5 Å². The maximum Gasteiger partial charge on any atom is 0.304 e. The van der Waals surface area contributed by atoms with E-state index in [-0.39, 0.29) is 17.1 Å². The normalized spacial score (nSPS) is 14.0. The molecule has 1 N–H and O–H groups in total.